The molecule has 1 amide bonds. The van der Waals surface area contributed by atoms with Crippen LogP contribution in [-0.4, -0.2) is 116 Å². The Morgan fingerprint density at radius 1 is 0.972 bits per heavy atom. The maximum atomic E-state index is 15.4. The maximum absolute atomic E-state index is 15.4. The van der Waals surface area contributed by atoms with Crippen molar-refractivity contribution in [2.24, 2.45) is 17.3 Å². The summed E-state index contributed by atoms with van der Waals surface area (Å²) < 4.78 is 64.3. The van der Waals surface area contributed by atoms with Gasteiger partial charge < -0.3 is 39.4 Å². The van der Waals surface area contributed by atoms with E-state index in [0.29, 0.717) is 69.6 Å². The second-order valence-electron chi connectivity index (χ2n) is 21.4. The monoisotopic (exact) mass is 1010 g/mol. The van der Waals surface area contributed by atoms with Crippen LogP contribution in [0.5, 0.6) is 5.88 Å². The van der Waals surface area contributed by atoms with E-state index in [-0.39, 0.29) is 51.5 Å². The Bertz CT molecular complexity index is 2980. The Morgan fingerprint density at radius 3 is 2.53 bits per heavy atom. The average molecular weight is 1010 g/mol. The van der Waals surface area contributed by atoms with Crippen molar-refractivity contribution in [2.45, 2.75) is 100 Å². The van der Waals surface area contributed by atoms with E-state index in [1.165, 1.54) is 29.5 Å². The molecule has 5 fully saturated rings. The van der Waals surface area contributed by atoms with Gasteiger partial charge in [0.25, 0.3) is 21.6 Å². The number of hydrogen-bond donors (Lipinski definition) is 4. The van der Waals surface area contributed by atoms with Gasteiger partial charge in [0.2, 0.25) is 5.88 Å². The predicted octanol–water partition coefficient (Wildman–Crippen LogP) is 8.15. The molecule has 11 rings (SSSR count). The molecule has 6 aliphatic rings. The zero-order valence-corrected chi connectivity index (χ0v) is 41.6. The zero-order chi connectivity index (χ0) is 49.9. The number of piperidine rings is 1. The number of carbonyl (C=O) groups is 1. The second-order valence-corrected chi connectivity index (χ2v) is 23.0. The molecule has 1 spiro atoms. The summed E-state index contributed by atoms with van der Waals surface area (Å²) in [7, 11) is -4.67. The van der Waals surface area contributed by atoms with E-state index < -0.39 is 49.0 Å². The highest BCUT2D eigenvalue weighted by Crippen LogP contribution is 2.53. The molecule has 72 heavy (non-hydrogen) atoms. The highest BCUT2D eigenvalue weighted by Gasteiger charge is 2.50. The number of carbonyl (C=O) groups excluding carboxylic acids is 1. The van der Waals surface area contributed by atoms with Gasteiger partial charge in [0.15, 0.2) is 0 Å². The quantitative estimate of drug-likeness (QED) is 0.0729. The minimum atomic E-state index is -4.67. The number of nitrogens with one attached hydrogen (secondary N) is 3. The number of halogens is 1. The van der Waals surface area contributed by atoms with E-state index in [0.717, 1.165) is 76.5 Å². The molecule has 382 valence electrons. The lowest BCUT2D eigenvalue weighted by molar-refractivity contribution is -0.384. The number of aryl methyl sites for hydroxylation is 1. The molecule has 3 atom stereocenters. The summed E-state index contributed by atoms with van der Waals surface area (Å²) in [6.45, 7) is 9.40. The molecule has 4 aliphatic heterocycles. The van der Waals surface area contributed by atoms with Crippen molar-refractivity contribution < 1.29 is 41.8 Å². The molecule has 2 aromatic heterocycles. The molecule has 4 N–H and O–H groups in total. The minimum Gasteiger partial charge on any atom is -0.470 e. The maximum Gasteiger partial charge on any atom is 0.293 e. The highest BCUT2D eigenvalue weighted by molar-refractivity contribution is 7.90. The number of nitrogens with zero attached hydrogens (tertiary/aromatic N) is 5. The first kappa shape index (κ1) is 48.4. The number of benzene rings is 3. The molecule has 17 nitrogen and oxygen atoms in total. The molecule has 6 heterocycles. The van der Waals surface area contributed by atoms with Crippen molar-refractivity contribution >= 4 is 55.4 Å². The minimum absolute atomic E-state index is 0.0247. The van der Waals surface area contributed by atoms with Crippen LogP contribution in [0.3, 0.4) is 0 Å². The van der Waals surface area contributed by atoms with Crippen LogP contribution in [0.1, 0.15) is 92.2 Å². The number of hydrogen-bond acceptors (Lipinski definition) is 14. The molecule has 0 unspecified atom stereocenters. The normalized spacial score (nSPS) is 25.7. The third-order valence-electron chi connectivity index (χ3n) is 16.7. The first-order valence-corrected chi connectivity index (χ1v) is 26.9. The van der Waals surface area contributed by atoms with E-state index in [4.69, 9.17) is 19.2 Å². The van der Waals surface area contributed by atoms with E-state index in [2.05, 4.69) is 56.0 Å². The van der Waals surface area contributed by atoms with E-state index >= 15 is 4.39 Å². The van der Waals surface area contributed by atoms with Gasteiger partial charge in [-0.2, -0.15) is 4.98 Å². The van der Waals surface area contributed by atoms with E-state index in [1.807, 2.05) is 17.0 Å². The lowest BCUT2D eigenvalue weighted by Crippen LogP contribution is -2.57. The summed E-state index contributed by atoms with van der Waals surface area (Å²) in [5.41, 5.74) is 3.74. The lowest BCUT2D eigenvalue weighted by atomic mass is 9.59. The van der Waals surface area contributed by atoms with Gasteiger partial charge in [-0.05, 0) is 130 Å². The molecule has 19 heteroatoms. The SMILES string of the molecule is Cc1ccccc1[C@@H]1COCCN1C1CC2(CCN(c3ccc(C(=O)NS(=O)(=O)c4ccc(NCC5CCC(C)(O)CC5)c([N+](=O)[O-])c4)c(N4C[C@H]5CCOC[C@@H]5Oc5nc6[nH]cc(F)c6cc54)c3)CC2)C1. The fourth-order valence-corrected chi connectivity index (χ4v) is 13.3. The third-order valence-corrected chi connectivity index (χ3v) is 18.0. The number of pyridine rings is 1. The van der Waals surface area contributed by atoms with Gasteiger partial charge in [0.05, 0.1) is 57.9 Å². The average Bonchev–Trinajstić information content (AvgIpc) is 3.63. The zero-order valence-electron chi connectivity index (χ0n) is 40.8. The summed E-state index contributed by atoms with van der Waals surface area (Å²) in [4.78, 5) is 40.4. The number of amides is 1. The van der Waals surface area contributed by atoms with Crippen molar-refractivity contribution in [2.75, 3.05) is 74.3 Å². The van der Waals surface area contributed by atoms with Gasteiger partial charge in [0.1, 0.15) is 28.9 Å². The number of rotatable bonds is 11. The van der Waals surface area contributed by atoms with Crippen LogP contribution in [0.15, 0.2) is 77.8 Å². The first-order chi connectivity index (χ1) is 34.6. The molecule has 2 saturated carbocycles. The number of aromatic amines is 1. The lowest BCUT2D eigenvalue weighted by Gasteiger charge is -2.57. The number of sulfonamides is 1. The van der Waals surface area contributed by atoms with Crippen LogP contribution in [0.2, 0.25) is 0 Å². The van der Waals surface area contributed by atoms with Crippen LogP contribution in [0.4, 0.5) is 32.8 Å². The van der Waals surface area contributed by atoms with Crippen molar-refractivity contribution in [1.29, 1.82) is 0 Å². The summed E-state index contributed by atoms with van der Waals surface area (Å²) in [5, 5.41) is 26.1. The number of nitro benzene ring substituents is 1. The summed E-state index contributed by atoms with van der Waals surface area (Å²) in [6.07, 6.45) is 8.40. The van der Waals surface area contributed by atoms with Crippen LogP contribution in [0.25, 0.3) is 11.0 Å². The van der Waals surface area contributed by atoms with Crippen LogP contribution in [-0.2, 0) is 19.5 Å². The molecule has 5 aromatic rings. The van der Waals surface area contributed by atoms with E-state index in [9.17, 15) is 28.4 Å². The summed E-state index contributed by atoms with van der Waals surface area (Å²) >= 11 is 0. The molecule has 0 bridgehead atoms. The number of fused-ring (bicyclic) bond motifs is 3. The fraction of sp³-hybridized carbons (Fsp3) is 0.509. The predicted molar refractivity (Wildman–Crippen MR) is 270 cm³/mol. The number of anilines is 4. The third kappa shape index (κ3) is 9.49. The number of nitro groups is 1. The van der Waals surface area contributed by atoms with Crippen molar-refractivity contribution in [3.05, 3.63) is 106 Å². The van der Waals surface area contributed by atoms with E-state index in [1.54, 1.807) is 19.1 Å². The number of aliphatic hydroxyl groups is 1. The molecule has 0 radical (unpaired) electrons. The Labute approximate surface area is 418 Å². The van der Waals surface area contributed by atoms with Gasteiger partial charge in [-0.1, -0.05) is 24.3 Å². The van der Waals surface area contributed by atoms with Crippen molar-refractivity contribution in [1.82, 2.24) is 19.6 Å². The van der Waals surface area contributed by atoms with Crippen LogP contribution >= 0.6 is 0 Å². The van der Waals surface area contributed by atoms with Crippen LogP contribution in [0, 0.1) is 40.1 Å². The van der Waals surface area contributed by atoms with Crippen molar-refractivity contribution in [3.8, 4) is 5.88 Å². The smallest absolute Gasteiger partial charge is 0.293 e. The van der Waals surface area contributed by atoms with Gasteiger partial charge >= 0.3 is 0 Å². The Kier molecular flexibility index (Phi) is 12.9. The fourth-order valence-electron chi connectivity index (χ4n) is 12.3. The van der Waals surface area contributed by atoms with Gasteiger partial charge in [-0.25, -0.2) is 17.5 Å². The van der Waals surface area contributed by atoms with Crippen LogP contribution < -0.4 is 24.6 Å². The number of ether oxygens (including phenoxy) is 3. The Morgan fingerprint density at radius 2 is 1.75 bits per heavy atom. The summed E-state index contributed by atoms with van der Waals surface area (Å²) in [5.74, 6) is -1.16. The second kappa shape index (κ2) is 19.2. The van der Waals surface area contributed by atoms with Gasteiger partial charge in [-0.3, -0.25) is 19.8 Å². The molecule has 3 saturated heterocycles. The molecular formula is C53H63FN8O9S. The topological polar surface area (TPSA) is 205 Å². The number of morpholine rings is 1. The van der Waals surface area contributed by atoms with Gasteiger partial charge in [-0.15, -0.1) is 0 Å². The Hall–Kier alpha value is -5.86. The highest BCUT2D eigenvalue weighted by atomic mass is 32.2. The molecular weight excluding hydrogens is 944 g/mol. The Balaban J connectivity index is 0.878. The van der Waals surface area contributed by atoms with Crippen molar-refractivity contribution in [3.63, 3.8) is 0 Å². The van der Waals surface area contributed by atoms with Gasteiger partial charge in [0, 0.05) is 69.2 Å². The first-order valence-electron chi connectivity index (χ1n) is 25.4. The number of aromatic nitrogens is 2. The number of H-pyrrole nitrogens is 1. The largest absolute Gasteiger partial charge is 0.470 e. The molecule has 2 aliphatic carbocycles. The summed E-state index contributed by atoms with van der Waals surface area (Å²) in [6, 6.07) is 19.9. The molecule has 3 aromatic carbocycles. The standard InChI is InChI=1S/C53H63FN8O9S/c1-33-5-3-4-6-39(33)47-31-70-22-20-60(47)37-26-53(27-37)16-18-59(19-17-53)36-7-9-40(44(23-36)61-30-35-13-21-69-32-48(35)71-51-46(61)25-41-42(54)29-56-49(41)57-51)50(63)58-72(67,68)38-8-10-43(45(24-38)62(65)66)55-28-34-11-14-52(2,64)15-12-34/h3-10,23-25,29,34-35,37,47-48,55,64H,11-22,26-28,30-32H2,1-2H3,(H,56,57)(H,58,63)/t34?,35-,47+,48+,52?/m1/s1.